The molecule has 0 bridgehead atoms. The third-order valence-corrected chi connectivity index (χ3v) is 7.26. The number of hydrogen-bond acceptors (Lipinski definition) is 5. The minimum Gasteiger partial charge on any atom is -0.378 e. The molecule has 0 spiro atoms. The first kappa shape index (κ1) is 28.6. The summed E-state index contributed by atoms with van der Waals surface area (Å²) in [6.45, 7) is 5.16. The van der Waals surface area contributed by atoms with Gasteiger partial charge >= 0.3 is 0 Å². The van der Waals surface area contributed by atoms with E-state index in [9.17, 15) is 14.4 Å². The van der Waals surface area contributed by atoms with E-state index in [0.29, 0.717) is 22.4 Å². The second-order valence-corrected chi connectivity index (χ2v) is 10.4. The molecule has 4 aromatic carbocycles. The molecule has 4 aromatic rings. The van der Waals surface area contributed by atoms with Crippen LogP contribution in [0.2, 0.25) is 0 Å². The largest absolute Gasteiger partial charge is 0.378 e. The van der Waals surface area contributed by atoms with Gasteiger partial charge in [-0.3, -0.25) is 14.4 Å². The SMILES string of the molecule is Cc1ccc(C(=O)Nc2ccc(N3CCOCC3)cc2)cc1-c1ccc(C(=O)Nc2ccc(C(=O)N(C)C)cc2)cc1. The Hall–Kier alpha value is -4.95. The molecule has 1 saturated heterocycles. The van der Waals surface area contributed by atoms with Gasteiger partial charge in [-0.2, -0.15) is 0 Å². The Morgan fingerprint density at radius 1 is 0.690 bits per heavy atom. The average molecular weight is 563 g/mol. The highest BCUT2D eigenvalue weighted by Crippen LogP contribution is 2.26. The van der Waals surface area contributed by atoms with Crippen molar-refractivity contribution < 1.29 is 19.1 Å². The first-order chi connectivity index (χ1) is 20.3. The third kappa shape index (κ3) is 6.67. The summed E-state index contributed by atoms with van der Waals surface area (Å²) in [6.07, 6.45) is 0. The van der Waals surface area contributed by atoms with Crippen LogP contribution in [-0.4, -0.2) is 63.0 Å². The van der Waals surface area contributed by atoms with Gasteiger partial charge in [-0.05, 0) is 96.4 Å². The van der Waals surface area contributed by atoms with Crippen molar-refractivity contribution in [2.75, 3.05) is 55.9 Å². The molecule has 214 valence electrons. The van der Waals surface area contributed by atoms with E-state index in [2.05, 4.69) is 15.5 Å². The van der Waals surface area contributed by atoms with E-state index in [0.717, 1.165) is 54.4 Å². The van der Waals surface area contributed by atoms with Crippen LogP contribution < -0.4 is 15.5 Å². The predicted octanol–water partition coefficient (Wildman–Crippen LogP) is 5.71. The number of anilines is 3. The van der Waals surface area contributed by atoms with E-state index in [4.69, 9.17) is 4.74 Å². The summed E-state index contributed by atoms with van der Waals surface area (Å²) in [5, 5.41) is 5.86. The minimum atomic E-state index is -0.252. The topological polar surface area (TPSA) is 91.0 Å². The normalized spacial score (nSPS) is 12.9. The van der Waals surface area contributed by atoms with Crippen molar-refractivity contribution in [2.24, 2.45) is 0 Å². The van der Waals surface area contributed by atoms with Gasteiger partial charge in [0, 0.05) is 60.9 Å². The average Bonchev–Trinajstić information content (AvgIpc) is 3.02. The summed E-state index contributed by atoms with van der Waals surface area (Å²) < 4.78 is 5.42. The Labute approximate surface area is 245 Å². The van der Waals surface area contributed by atoms with Crippen LogP contribution >= 0.6 is 0 Å². The Bertz CT molecular complexity index is 1570. The van der Waals surface area contributed by atoms with E-state index in [1.165, 1.54) is 4.90 Å². The molecule has 0 radical (unpaired) electrons. The summed E-state index contributed by atoms with van der Waals surface area (Å²) in [6, 6.07) is 27.5. The molecule has 1 heterocycles. The van der Waals surface area contributed by atoms with Gasteiger partial charge in [0.05, 0.1) is 13.2 Å². The van der Waals surface area contributed by atoms with Crippen LogP contribution in [0.15, 0.2) is 91.0 Å². The van der Waals surface area contributed by atoms with Gasteiger partial charge in [0.2, 0.25) is 0 Å². The maximum atomic E-state index is 13.1. The molecular formula is C34H34N4O4. The number of carbonyl (C=O) groups excluding carboxylic acids is 3. The van der Waals surface area contributed by atoms with Crippen molar-refractivity contribution >= 4 is 34.8 Å². The fourth-order valence-corrected chi connectivity index (χ4v) is 4.81. The zero-order valence-corrected chi connectivity index (χ0v) is 24.0. The molecule has 2 N–H and O–H groups in total. The second kappa shape index (κ2) is 12.7. The van der Waals surface area contributed by atoms with Gasteiger partial charge in [0.1, 0.15) is 0 Å². The number of nitrogens with one attached hydrogen (secondary N) is 2. The highest BCUT2D eigenvalue weighted by molar-refractivity contribution is 6.06. The molecule has 8 heteroatoms. The van der Waals surface area contributed by atoms with E-state index < -0.39 is 0 Å². The maximum Gasteiger partial charge on any atom is 0.255 e. The number of benzene rings is 4. The van der Waals surface area contributed by atoms with Gasteiger partial charge in [0.25, 0.3) is 17.7 Å². The number of aryl methyl sites for hydroxylation is 1. The maximum absolute atomic E-state index is 13.1. The number of hydrogen-bond donors (Lipinski definition) is 2. The summed E-state index contributed by atoms with van der Waals surface area (Å²) in [4.78, 5) is 41.8. The van der Waals surface area contributed by atoms with Gasteiger partial charge in [0.15, 0.2) is 0 Å². The molecule has 1 aliphatic heterocycles. The van der Waals surface area contributed by atoms with Crippen molar-refractivity contribution in [2.45, 2.75) is 6.92 Å². The third-order valence-electron chi connectivity index (χ3n) is 7.26. The lowest BCUT2D eigenvalue weighted by Gasteiger charge is -2.28. The fraction of sp³-hybridized carbons (Fsp3) is 0.206. The summed E-state index contributed by atoms with van der Waals surface area (Å²) in [5.41, 5.74) is 6.88. The highest BCUT2D eigenvalue weighted by Gasteiger charge is 2.14. The zero-order chi connectivity index (χ0) is 29.6. The van der Waals surface area contributed by atoms with Crippen LogP contribution in [0.25, 0.3) is 11.1 Å². The standard InChI is InChI=1S/C34H34N4O4/c1-23-4-5-27(33(40)36-29-14-16-30(17-15-29)38-18-20-42-21-19-38)22-31(23)24-6-8-25(9-7-24)32(39)35-28-12-10-26(11-13-28)34(41)37(2)3/h4-17,22H,18-21H2,1-3H3,(H,35,39)(H,36,40). The molecular weight excluding hydrogens is 528 g/mol. The fourth-order valence-electron chi connectivity index (χ4n) is 4.81. The lowest BCUT2D eigenvalue weighted by molar-refractivity contribution is 0.0827. The van der Waals surface area contributed by atoms with E-state index in [1.54, 1.807) is 50.5 Å². The molecule has 0 atom stereocenters. The second-order valence-electron chi connectivity index (χ2n) is 10.4. The summed E-state index contributed by atoms with van der Waals surface area (Å²) in [7, 11) is 3.39. The van der Waals surface area contributed by atoms with Gasteiger partial charge in [-0.15, -0.1) is 0 Å². The van der Waals surface area contributed by atoms with Crippen LogP contribution in [0.1, 0.15) is 36.6 Å². The van der Waals surface area contributed by atoms with E-state index in [1.807, 2.05) is 61.5 Å². The molecule has 42 heavy (non-hydrogen) atoms. The zero-order valence-electron chi connectivity index (χ0n) is 24.0. The molecule has 0 aliphatic carbocycles. The van der Waals surface area contributed by atoms with E-state index >= 15 is 0 Å². The van der Waals surface area contributed by atoms with Gasteiger partial charge < -0.3 is 25.2 Å². The van der Waals surface area contributed by atoms with Crippen LogP contribution in [0.3, 0.4) is 0 Å². The number of nitrogens with zero attached hydrogens (tertiary/aromatic N) is 2. The number of rotatable bonds is 7. The number of carbonyl (C=O) groups is 3. The summed E-state index contributed by atoms with van der Waals surface area (Å²) >= 11 is 0. The molecule has 5 rings (SSSR count). The van der Waals surface area contributed by atoms with Crippen LogP contribution in [0.4, 0.5) is 17.1 Å². The predicted molar refractivity (Wildman–Crippen MR) is 166 cm³/mol. The van der Waals surface area contributed by atoms with Crippen LogP contribution in [0.5, 0.6) is 0 Å². The lowest BCUT2D eigenvalue weighted by atomic mass is 9.97. The molecule has 1 fully saturated rings. The Kier molecular flexibility index (Phi) is 8.64. The van der Waals surface area contributed by atoms with Crippen molar-refractivity contribution in [3.8, 4) is 11.1 Å². The van der Waals surface area contributed by atoms with Crippen molar-refractivity contribution in [1.29, 1.82) is 0 Å². The molecule has 0 unspecified atom stereocenters. The number of amides is 3. The van der Waals surface area contributed by atoms with Crippen molar-refractivity contribution in [3.63, 3.8) is 0 Å². The smallest absolute Gasteiger partial charge is 0.255 e. The number of ether oxygens (including phenoxy) is 1. The van der Waals surface area contributed by atoms with E-state index in [-0.39, 0.29) is 17.7 Å². The Morgan fingerprint density at radius 2 is 1.21 bits per heavy atom. The van der Waals surface area contributed by atoms with Crippen molar-refractivity contribution in [3.05, 3.63) is 113 Å². The minimum absolute atomic E-state index is 0.0987. The Morgan fingerprint density at radius 3 is 1.81 bits per heavy atom. The van der Waals surface area contributed by atoms with Crippen LogP contribution in [-0.2, 0) is 4.74 Å². The molecule has 1 aliphatic rings. The highest BCUT2D eigenvalue weighted by atomic mass is 16.5. The first-order valence-electron chi connectivity index (χ1n) is 13.9. The monoisotopic (exact) mass is 562 g/mol. The van der Waals surface area contributed by atoms with Gasteiger partial charge in [-0.1, -0.05) is 18.2 Å². The summed E-state index contributed by atoms with van der Waals surface area (Å²) in [5.74, 6) is -0.541. The van der Waals surface area contributed by atoms with Crippen molar-refractivity contribution in [1.82, 2.24) is 4.90 Å². The molecule has 0 aromatic heterocycles. The Balaban J connectivity index is 1.24. The lowest BCUT2D eigenvalue weighted by Crippen LogP contribution is -2.36. The molecule has 8 nitrogen and oxygen atoms in total. The van der Waals surface area contributed by atoms with Gasteiger partial charge in [-0.25, -0.2) is 0 Å². The van der Waals surface area contributed by atoms with Crippen LogP contribution in [0, 0.1) is 6.92 Å². The quantitative estimate of drug-likeness (QED) is 0.301. The first-order valence-corrected chi connectivity index (χ1v) is 13.9. The molecule has 3 amide bonds. The molecule has 0 saturated carbocycles. The number of morpholine rings is 1.